The van der Waals surface area contributed by atoms with Crippen molar-refractivity contribution in [2.75, 3.05) is 19.8 Å². The van der Waals surface area contributed by atoms with Gasteiger partial charge in [0.2, 0.25) is 0 Å². The summed E-state index contributed by atoms with van der Waals surface area (Å²) in [7, 11) is -4.03. The van der Waals surface area contributed by atoms with Gasteiger partial charge < -0.3 is 18.4 Å². The van der Waals surface area contributed by atoms with Crippen molar-refractivity contribution in [3.63, 3.8) is 0 Å². The van der Waals surface area contributed by atoms with Gasteiger partial charge in [0.15, 0.2) is 23.0 Å². The Balaban J connectivity index is 1.72. The molecule has 10 heteroatoms. The minimum atomic E-state index is -4.03. The van der Waals surface area contributed by atoms with Crippen LogP contribution in [0.4, 0.5) is 0 Å². The number of hydrazone groups is 1. The van der Waals surface area contributed by atoms with Gasteiger partial charge >= 0.3 is 10.1 Å². The van der Waals surface area contributed by atoms with Crippen molar-refractivity contribution in [3.8, 4) is 23.0 Å². The first-order valence-corrected chi connectivity index (χ1v) is 13.3. The number of benzene rings is 3. The van der Waals surface area contributed by atoms with Crippen molar-refractivity contribution in [2.45, 2.75) is 32.1 Å². The summed E-state index contributed by atoms with van der Waals surface area (Å²) in [5.41, 5.74) is 3.39. The highest BCUT2D eigenvalue weighted by atomic mass is 32.2. The molecular weight excluding hydrogens is 496 g/mol. The van der Waals surface area contributed by atoms with Crippen molar-refractivity contribution in [2.24, 2.45) is 5.10 Å². The van der Waals surface area contributed by atoms with Gasteiger partial charge in [0.1, 0.15) is 4.90 Å². The normalized spacial score (nSPS) is 11.2. The van der Waals surface area contributed by atoms with E-state index in [1.807, 2.05) is 13.8 Å². The molecule has 0 aliphatic heterocycles. The number of hydrogen-bond acceptors (Lipinski definition) is 8. The summed E-state index contributed by atoms with van der Waals surface area (Å²) >= 11 is 0. The highest BCUT2D eigenvalue weighted by molar-refractivity contribution is 7.87. The third kappa shape index (κ3) is 7.71. The Hall–Kier alpha value is -4.05. The third-order valence-electron chi connectivity index (χ3n) is 4.85. The average Bonchev–Trinajstić information content (AvgIpc) is 2.90. The molecule has 37 heavy (non-hydrogen) atoms. The van der Waals surface area contributed by atoms with Gasteiger partial charge in [0.05, 0.1) is 26.0 Å². The molecule has 0 bridgehead atoms. The maximum Gasteiger partial charge on any atom is 0.339 e. The fraction of sp³-hybridized carbons (Fsp3) is 0.259. The Kier molecular flexibility index (Phi) is 9.91. The zero-order valence-electron chi connectivity index (χ0n) is 21.0. The second-order valence-corrected chi connectivity index (χ2v) is 9.18. The Morgan fingerprint density at radius 2 is 1.51 bits per heavy atom. The van der Waals surface area contributed by atoms with Gasteiger partial charge in [0.25, 0.3) is 5.91 Å². The smallest absolute Gasteiger partial charge is 0.339 e. The first-order chi connectivity index (χ1) is 17.9. The Morgan fingerprint density at radius 3 is 2.19 bits per heavy atom. The Bertz CT molecular complexity index is 1330. The lowest BCUT2D eigenvalue weighted by atomic mass is 10.2. The van der Waals surface area contributed by atoms with E-state index in [9.17, 15) is 13.2 Å². The molecule has 0 aliphatic rings. The van der Waals surface area contributed by atoms with Crippen LogP contribution in [0.15, 0.2) is 76.7 Å². The lowest BCUT2D eigenvalue weighted by Gasteiger charge is -2.13. The maximum atomic E-state index is 12.6. The van der Waals surface area contributed by atoms with E-state index in [-0.39, 0.29) is 16.4 Å². The molecule has 3 aromatic rings. The van der Waals surface area contributed by atoms with Crippen LogP contribution in [0.25, 0.3) is 0 Å². The number of nitrogens with zero attached hydrogens (tertiary/aromatic N) is 1. The van der Waals surface area contributed by atoms with Gasteiger partial charge in [0, 0.05) is 5.56 Å². The van der Waals surface area contributed by atoms with Crippen LogP contribution in [0, 0.1) is 0 Å². The molecule has 0 heterocycles. The van der Waals surface area contributed by atoms with Gasteiger partial charge in [-0.2, -0.15) is 13.5 Å². The van der Waals surface area contributed by atoms with E-state index >= 15 is 0 Å². The molecule has 1 amide bonds. The van der Waals surface area contributed by atoms with Crippen molar-refractivity contribution in [1.82, 2.24) is 5.43 Å². The van der Waals surface area contributed by atoms with Crippen LogP contribution in [0.5, 0.6) is 23.0 Å². The highest BCUT2D eigenvalue weighted by Gasteiger charge is 2.19. The molecule has 0 unspecified atom stereocenters. The number of amides is 1. The largest absolute Gasteiger partial charge is 0.490 e. The molecule has 0 atom stereocenters. The molecule has 0 fully saturated rings. The Labute approximate surface area is 217 Å². The average molecular weight is 527 g/mol. The zero-order valence-corrected chi connectivity index (χ0v) is 21.8. The van der Waals surface area contributed by atoms with Crippen molar-refractivity contribution < 1.29 is 31.6 Å². The molecule has 196 valence electrons. The topological polar surface area (TPSA) is 113 Å². The van der Waals surface area contributed by atoms with E-state index in [0.29, 0.717) is 42.4 Å². The number of carbonyl (C=O) groups excluding carboxylic acids is 1. The number of carbonyl (C=O) groups is 1. The van der Waals surface area contributed by atoms with Crippen LogP contribution in [-0.4, -0.2) is 40.4 Å². The van der Waals surface area contributed by atoms with E-state index in [1.54, 1.807) is 55.5 Å². The van der Waals surface area contributed by atoms with Crippen LogP contribution < -0.4 is 23.8 Å². The van der Waals surface area contributed by atoms with Crippen LogP contribution in [-0.2, 0) is 10.1 Å². The summed E-state index contributed by atoms with van der Waals surface area (Å²) < 4.78 is 47.3. The second kappa shape index (κ2) is 13.3. The number of nitrogens with one attached hydrogen (secondary N) is 1. The molecule has 3 aromatic carbocycles. The fourth-order valence-electron chi connectivity index (χ4n) is 3.17. The van der Waals surface area contributed by atoms with Crippen LogP contribution in [0.2, 0.25) is 0 Å². The van der Waals surface area contributed by atoms with Gasteiger partial charge in [-0.1, -0.05) is 25.1 Å². The highest BCUT2D eigenvalue weighted by Crippen LogP contribution is 2.31. The zero-order chi connectivity index (χ0) is 26.7. The minimum Gasteiger partial charge on any atom is -0.490 e. The van der Waals surface area contributed by atoms with Crippen LogP contribution >= 0.6 is 0 Å². The molecule has 0 spiro atoms. The first-order valence-electron chi connectivity index (χ1n) is 11.9. The van der Waals surface area contributed by atoms with Crippen molar-refractivity contribution in [3.05, 3.63) is 77.9 Å². The number of ether oxygens (including phenoxy) is 3. The SMILES string of the molecule is CCCOc1ccc(C(=O)N/N=C/c2ccc(OS(=O)(=O)c3ccccc3)c(OCC)c2)cc1OCC. The van der Waals surface area contributed by atoms with Gasteiger partial charge in [-0.05, 0) is 74.4 Å². The van der Waals surface area contributed by atoms with Crippen LogP contribution in [0.3, 0.4) is 0 Å². The van der Waals surface area contributed by atoms with Crippen molar-refractivity contribution >= 4 is 22.2 Å². The summed E-state index contributed by atoms with van der Waals surface area (Å²) in [6.45, 7) is 6.89. The lowest BCUT2D eigenvalue weighted by molar-refractivity contribution is 0.0954. The van der Waals surface area contributed by atoms with E-state index in [2.05, 4.69) is 10.5 Å². The molecule has 0 saturated carbocycles. The molecule has 0 aliphatic carbocycles. The van der Waals surface area contributed by atoms with E-state index < -0.39 is 16.0 Å². The molecule has 1 N–H and O–H groups in total. The molecular formula is C27H30N2O7S. The van der Waals surface area contributed by atoms with Gasteiger partial charge in [-0.25, -0.2) is 5.43 Å². The van der Waals surface area contributed by atoms with Gasteiger partial charge in [-0.3, -0.25) is 4.79 Å². The van der Waals surface area contributed by atoms with E-state index in [0.717, 1.165) is 6.42 Å². The first kappa shape index (κ1) is 27.5. The van der Waals surface area contributed by atoms with E-state index in [1.165, 1.54) is 24.4 Å². The third-order valence-corrected chi connectivity index (χ3v) is 6.09. The standard InChI is InChI=1S/C27H30N2O7S/c1-4-16-35-23-15-13-21(18-26(23)34-6-3)27(30)29-28-19-20-12-14-24(25(17-20)33-5-2)36-37(31,32)22-10-8-7-9-11-22/h7-15,17-19H,4-6,16H2,1-3H3,(H,29,30)/b28-19+. The minimum absolute atomic E-state index is 0.0308. The molecule has 0 radical (unpaired) electrons. The van der Waals surface area contributed by atoms with Crippen molar-refractivity contribution in [1.29, 1.82) is 0 Å². The predicted octanol–water partition coefficient (Wildman–Crippen LogP) is 4.80. The maximum absolute atomic E-state index is 12.6. The molecule has 0 aromatic heterocycles. The lowest BCUT2D eigenvalue weighted by Crippen LogP contribution is -2.18. The number of hydrogen-bond donors (Lipinski definition) is 1. The monoisotopic (exact) mass is 526 g/mol. The Morgan fingerprint density at radius 1 is 0.838 bits per heavy atom. The number of rotatable bonds is 13. The quantitative estimate of drug-likeness (QED) is 0.193. The summed E-state index contributed by atoms with van der Waals surface area (Å²) in [5, 5.41) is 4.01. The molecule has 3 rings (SSSR count). The summed E-state index contributed by atoms with van der Waals surface area (Å²) in [6, 6.07) is 17.4. The predicted molar refractivity (Wildman–Crippen MR) is 140 cm³/mol. The van der Waals surface area contributed by atoms with E-state index in [4.69, 9.17) is 18.4 Å². The second-order valence-electron chi connectivity index (χ2n) is 7.63. The summed E-state index contributed by atoms with van der Waals surface area (Å²) in [5.74, 6) is 0.888. The van der Waals surface area contributed by atoms with Crippen LogP contribution in [0.1, 0.15) is 43.1 Å². The summed E-state index contributed by atoms with van der Waals surface area (Å²) in [4.78, 5) is 12.6. The summed E-state index contributed by atoms with van der Waals surface area (Å²) in [6.07, 6.45) is 2.27. The molecule has 0 saturated heterocycles. The van der Waals surface area contributed by atoms with Gasteiger partial charge in [-0.15, -0.1) is 0 Å². The molecule has 9 nitrogen and oxygen atoms in total. The fourth-order valence-corrected chi connectivity index (χ4v) is 4.14.